The second-order valence-corrected chi connectivity index (χ2v) is 8.12. The van der Waals surface area contributed by atoms with Crippen LogP contribution in [0, 0.1) is 11.3 Å². The molecule has 0 radical (unpaired) electrons. The fourth-order valence-corrected chi connectivity index (χ4v) is 5.09. The van der Waals surface area contributed by atoms with Crippen molar-refractivity contribution in [1.82, 2.24) is 9.80 Å². The Morgan fingerprint density at radius 1 is 1.19 bits per heavy atom. The quantitative estimate of drug-likeness (QED) is 0.906. The van der Waals surface area contributed by atoms with Crippen molar-refractivity contribution in [1.29, 1.82) is 5.26 Å². The van der Waals surface area contributed by atoms with E-state index >= 15 is 0 Å². The van der Waals surface area contributed by atoms with Gasteiger partial charge in [0.1, 0.15) is 11.8 Å². The van der Waals surface area contributed by atoms with Gasteiger partial charge in [0.25, 0.3) is 0 Å². The highest BCUT2D eigenvalue weighted by molar-refractivity contribution is 5.84. The molecule has 1 aromatic rings. The largest absolute Gasteiger partial charge is 0.507 e. The standard InChI is InChI=1S/C21H27N3O2/c22-14-17-13-16(6-7-19(17)25)15-23-11-4-5-18(23)20(26)24-12-10-21(24)8-2-1-3-9-21/h6-7,13,18,25H,1-5,8-12,15H2/t18-/m1/s1. The highest BCUT2D eigenvalue weighted by Gasteiger charge is 2.50. The Morgan fingerprint density at radius 2 is 2.00 bits per heavy atom. The molecule has 1 aliphatic carbocycles. The second-order valence-electron chi connectivity index (χ2n) is 8.12. The number of aromatic hydroxyl groups is 1. The van der Waals surface area contributed by atoms with Crippen molar-refractivity contribution in [2.24, 2.45) is 0 Å². The molecule has 2 aliphatic heterocycles. The lowest BCUT2D eigenvalue weighted by Gasteiger charge is -2.56. The van der Waals surface area contributed by atoms with Gasteiger partial charge >= 0.3 is 0 Å². The zero-order valence-corrected chi connectivity index (χ0v) is 15.3. The highest BCUT2D eigenvalue weighted by atomic mass is 16.3. The third-order valence-corrected chi connectivity index (χ3v) is 6.64. The summed E-state index contributed by atoms with van der Waals surface area (Å²) >= 11 is 0. The predicted octanol–water partition coefficient (Wildman–Crippen LogP) is 3.16. The van der Waals surface area contributed by atoms with Crippen LogP contribution in [-0.2, 0) is 11.3 Å². The number of carbonyl (C=O) groups excluding carboxylic acids is 1. The minimum atomic E-state index is -0.0339. The smallest absolute Gasteiger partial charge is 0.240 e. The molecule has 1 atom stereocenters. The first-order valence-electron chi connectivity index (χ1n) is 9.90. The van der Waals surface area contributed by atoms with Gasteiger partial charge in [0, 0.05) is 18.6 Å². The average molecular weight is 353 g/mol. The van der Waals surface area contributed by atoms with E-state index < -0.39 is 0 Å². The molecule has 26 heavy (non-hydrogen) atoms. The number of nitrogens with zero attached hydrogens (tertiary/aromatic N) is 3. The summed E-state index contributed by atoms with van der Waals surface area (Å²) in [6.45, 7) is 2.49. The summed E-state index contributed by atoms with van der Waals surface area (Å²) in [5, 5.41) is 18.8. The molecule has 0 unspecified atom stereocenters. The molecule has 4 rings (SSSR count). The van der Waals surface area contributed by atoms with Crippen molar-refractivity contribution in [3.63, 3.8) is 0 Å². The number of phenols is 1. The van der Waals surface area contributed by atoms with Gasteiger partial charge in [-0.15, -0.1) is 0 Å². The summed E-state index contributed by atoms with van der Waals surface area (Å²) in [4.78, 5) is 17.7. The van der Waals surface area contributed by atoms with Gasteiger partial charge in [-0.2, -0.15) is 5.26 Å². The lowest BCUT2D eigenvalue weighted by molar-refractivity contribution is -0.155. The molecule has 0 bridgehead atoms. The average Bonchev–Trinajstić information content (AvgIpc) is 3.11. The van der Waals surface area contributed by atoms with Gasteiger partial charge in [-0.25, -0.2) is 0 Å². The topological polar surface area (TPSA) is 67.6 Å². The van der Waals surface area contributed by atoms with E-state index in [9.17, 15) is 9.90 Å². The molecule has 1 amide bonds. The lowest BCUT2D eigenvalue weighted by atomic mass is 9.72. The third kappa shape index (κ3) is 2.97. The van der Waals surface area contributed by atoms with Crippen molar-refractivity contribution in [3.05, 3.63) is 29.3 Å². The van der Waals surface area contributed by atoms with Crippen LogP contribution in [0.4, 0.5) is 0 Å². The Bertz CT molecular complexity index is 733. The van der Waals surface area contributed by atoms with Crippen molar-refractivity contribution >= 4 is 5.91 Å². The van der Waals surface area contributed by atoms with Gasteiger partial charge in [-0.3, -0.25) is 9.69 Å². The normalized spacial score (nSPS) is 25.0. The van der Waals surface area contributed by atoms with Gasteiger partial charge in [0.15, 0.2) is 0 Å². The number of hydrogen-bond donors (Lipinski definition) is 1. The van der Waals surface area contributed by atoms with E-state index in [0.717, 1.165) is 31.5 Å². The molecule has 0 aromatic heterocycles. The number of carbonyl (C=O) groups is 1. The number of likely N-dealkylation sites (tertiary alicyclic amines) is 2. The van der Waals surface area contributed by atoms with Crippen LogP contribution in [0.15, 0.2) is 18.2 Å². The summed E-state index contributed by atoms with van der Waals surface area (Å²) in [5.74, 6) is 0.333. The zero-order valence-electron chi connectivity index (χ0n) is 15.3. The number of benzene rings is 1. The van der Waals surface area contributed by atoms with Crippen LogP contribution in [0.3, 0.4) is 0 Å². The van der Waals surface area contributed by atoms with Crippen molar-refractivity contribution in [2.75, 3.05) is 13.1 Å². The van der Waals surface area contributed by atoms with Crippen LogP contribution in [0.25, 0.3) is 0 Å². The van der Waals surface area contributed by atoms with Crippen LogP contribution < -0.4 is 0 Å². The van der Waals surface area contributed by atoms with Crippen LogP contribution >= 0.6 is 0 Å². The maximum absolute atomic E-state index is 13.3. The van der Waals surface area contributed by atoms with Gasteiger partial charge < -0.3 is 10.0 Å². The van der Waals surface area contributed by atoms with E-state index in [2.05, 4.69) is 9.80 Å². The first-order valence-corrected chi connectivity index (χ1v) is 9.90. The molecule has 1 N–H and O–H groups in total. The molecular formula is C21H27N3O2. The first kappa shape index (κ1) is 17.4. The summed E-state index contributed by atoms with van der Waals surface area (Å²) < 4.78 is 0. The number of nitriles is 1. The van der Waals surface area contributed by atoms with E-state index in [4.69, 9.17) is 5.26 Å². The summed E-state index contributed by atoms with van der Waals surface area (Å²) in [6.07, 6.45) is 9.31. The fourth-order valence-electron chi connectivity index (χ4n) is 5.09. The Hall–Kier alpha value is -2.06. The SMILES string of the molecule is N#Cc1cc(CN2CCC[C@@H]2C(=O)N2CCC23CCCCC3)ccc1O. The molecule has 1 aromatic carbocycles. The maximum Gasteiger partial charge on any atom is 0.240 e. The molecule has 2 saturated heterocycles. The molecule has 3 aliphatic rings. The number of amides is 1. The van der Waals surface area contributed by atoms with Gasteiger partial charge in [0.05, 0.1) is 11.6 Å². The Balaban J connectivity index is 1.47. The van der Waals surface area contributed by atoms with Gasteiger partial charge in [0.2, 0.25) is 5.91 Å². The molecule has 5 nitrogen and oxygen atoms in total. The minimum Gasteiger partial charge on any atom is -0.507 e. The molecule has 1 saturated carbocycles. The highest BCUT2D eigenvalue weighted by Crippen LogP contribution is 2.44. The molecule has 2 heterocycles. The van der Waals surface area contributed by atoms with Crippen LogP contribution in [0.1, 0.15) is 62.5 Å². The van der Waals surface area contributed by atoms with E-state index in [1.54, 1.807) is 12.1 Å². The fraction of sp³-hybridized carbons (Fsp3) is 0.619. The summed E-state index contributed by atoms with van der Waals surface area (Å²) in [6, 6.07) is 7.16. The summed E-state index contributed by atoms with van der Waals surface area (Å²) in [5.41, 5.74) is 1.44. The maximum atomic E-state index is 13.3. The second kappa shape index (κ2) is 6.92. The first-order chi connectivity index (χ1) is 12.6. The number of phenolic OH excluding ortho intramolecular Hbond substituents is 1. The van der Waals surface area contributed by atoms with Crippen molar-refractivity contribution in [3.8, 4) is 11.8 Å². The Morgan fingerprint density at radius 3 is 2.69 bits per heavy atom. The van der Waals surface area contributed by atoms with E-state index in [1.807, 2.05) is 12.1 Å². The third-order valence-electron chi connectivity index (χ3n) is 6.64. The molecule has 5 heteroatoms. The van der Waals surface area contributed by atoms with Crippen LogP contribution in [0.5, 0.6) is 5.75 Å². The summed E-state index contributed by atoms with van der Waals surface area (Å²) in [7, 11) is 0. The Labute approximate surface area is 155 Å². The van der Waals surface area contributed by atoms with E-state index in [-0.39, 0.29) is 17.3 Å². The predicted molar refractivity (Wildman–Crippen MR) is 98.4 cm³/mol. The monoisotopic (exact) mass is 353 g/mol. The van der Waals surface area contributed by atoms with Crippen LogP contribution in [0.2, 0.25) is 0 Å². The zero-order chi connectivity index (χ0) is 18.1. The Kier molecular flexibility index (Phi) is 4.62. The number of rotatable bonds is 3. The van der Waals surface area contributed by atoms with E-state index in [1.165, 1.54) is 38.5 Å². The van der Waals surface area contributed by atoms with Crippen LogP contribution in [-0.4, -0.2) is 45.5 Å². The van der Waals surface area contributed by atoms with Crippen molar-refractivity contribution < 1.29 is 9.90 Å². The number of hydrogen-bond acceptors (Lipinski definition) is 4. The molecule has 3 fully saturated rings. The van der Waals surface area contributed by atoms with Gasteiger partial charge in [-0.1, -0.05) is 25.3 Å². The molecule has 1 spiro atoms. The minimum absolute atomic E-state index is 0.0186. The lowest BCUT2D eigenvalue weighted by Crippen LogP contribution is -2.65. The van der Waals surface area contributed by atoms with Crippen molar-refractivity contribution in [2.45, 2.75) is 69.5 Å². The van der Waals surface area contributed by atoms with Gasteiger partial charge in [-0.05, 0) is 56.3 Å². The molecule has 138 valence electrons. The van der Waals surface area contributed by atoms with E-state index in [0.29, 0.717) is 18.0 Å². The molecular weight excluding hydrogens is 326 g/mol.